The molecule has 0 aliphatic carbocycles. The Morgan fingerprint density at radius 1 is 1.44 bits per heavy atom. The third kappa shape index (κ3) is 2.54. The fraction of sp³-hybridized carbons (Fsp3) is 0.417. The molecular formula is C12H14BFO4. The molecule has 6 heteroatoms. The monoisotopic (exact) mass is 252 g/mol. The van der Waals surface area contributed by atoms with Gasteiger partial charge in [-0.25, -0.2) is 9.18 Å². The zero-order valence-electron chi connectivity index (χ0n) is 9.95. The second-order valence-electron chi connectivity index (χ2n) is 4.24. The zero-order chi connectivity index (χ0) is 13.1. The van der Waals surface area contributed by atoms with Crippen molar-refractivity contribution in [3.8, 4) is 0 Å². The van der Waals surface area contributed by atoms with Crippen molar-refractivity contribution in [3.05, 3.63) is 35.9 Å². The van der Waals surface area contributed by atoms with Crippen LogP contribution in [0, 0.1) is 0 Å². The number of aliphatic hydroxyl groups excluding tert-OH is 1. The fourth-order valence-electron chi connectivity index (χ4n) is 1.95. The lowest BCUT2D eigenvalue weighted by Gasteiger charge is -2.18. The first-order chi connectivity index (χ1) is 8.63. The van der Waals surface area contributed by atoms with Crippen molar-refractivity contribution in [1.82, 2.24) is 0 Å². The Hall–Kier alpha value is -1.40. The van der Waals surface area contributed by atoms with Crippen molar-refractivity contribution in [1.29, 1.82) is 0 Å². The van der Waals surface area contributed by atoms with Gasteiger partial charge in [-0.3, -0.25) is 0 Å². The number of alkyl halides is 1. The summed E-state index contributed by atoms with van der Waals surface area (Å²) >= 11 is 0. The Balaban J connectivity index is 2.06. The summed E-state index contributed by atoms with van der Waals surface area (Å²) in [4.78, 5) is 11.8. The lowest BCUT2D eigenvalue weighted by molar-refractivity contribution is -0.0271. The molecule has 1 aromatic rings. The molecule has 4 unspecified atom stereocenters. The van der Waals surface area contributed by atoms with Gasteiger partial charge in [-0.05, 0) is 12.1 Å². The van der Waals surface area contributed by atoms with Gasteiger partial charge in [-0.15, -0.1) is 0 Å². The van der Waals surface area contributed by atoms with Gasteiger partial charge in [-0.2, -0.15) is 0 Å². The number of hydrogen-bond donors (Lipinski definition) is 1. The van der Waals surface area contributed by atoms with Crippen molar-refractivity contribution < 1.29 is 23.8 Å². The Morgan fingerprint density at radius 2 is 2.11 bits per heavy atom. The SMILES string of the molecule is BC1OC(CO)C(OC(=O)c2ccccc2)C1F. The van der Waals surface area contributed by atoms with Crippen molar-refractivity contribution in [2.24, 2.45) is 0 Å². The van der Waals surface area contributed by atoms with Gasteiger partial charge in [0.05, 0.1) is 18.2 Å². The molecule has 1 aliphatic heterocycles. The Kier molecular flexibility index (Phi) is 3.99. The predicted octanol–water partition coefficient (Wildman–Crippen LogP) is -0.0996. The van der Waals surface area contributed by atoms with Crippen molar-refractivity contribution in [2.75, 3.05) is 6.61 Å². The van der Waals surface area contributed by atoms with Gasteiger partial charge in [0.25, 0.3) is 0 Å². The third-order valence-corrected chi connectivity index (χ3v) is 2.95. The van der Waals surface area contributed by atoms with Crippen LogP contribution in [0.3, 0.4) is 0 Å². The number of carbonyl (C=O) groups is 1. The second-order valence-corrected chi connectivity index (χ2v) is 4.24. The molecule has 0 spiro atoms. The molecule has 2 rings (SSSR count). The van der Waals surface area contributed by atoms with E-state index in [-0.39, 0.29) is 6.61 Å². The maximum absolute atomic E-state index is 13.8. The lowest BCUT2D eigenvalue weighted by Crippen LogP contribution is -2.36. The van der Waals surface area contributed by atoms with E-state index >= 15 is 0 Å². The number of rotatable bonds is 3. The van der Waals surface area contributed by atoms with E-state index in [0.717, 1.165) is 0 Å². The normalized spacial score (nSPS) is 31.2. The first-order valence-electron chi connectivity index (χ1n) is 5.80. The molecule has 1 aliphatic rings. The summed E-state index contributed by atoms with van der Waals surface area (Å²) in [5.41, 5.74) is 0.348. The summed E-state index contributed by atoms with van der Waals surface area (Å²) in [5, 5.41) is 9.07. The number of halogens is 1. The number of hydrogen-bond acceptors (Lipinski definition) is 4. The summed E-state index contributed by atoms with van der Waals surface area (Å²) in [6.45, 7) is -0.377. The number of ether oxygens (including phenoxy) is 2. The molecule has 0 aromatic heterocycles. The van der Waals surface area contributed by atoms with Gasteiger partial charge in [0, 0.05) is 0 Å². The highest BCUT2D eigenvalue weighted by Crippen LogP contribution is 2.25. The molecule has 1 aromatic carbocycles. The Labute approximate surface area is 105 Å². The quantitative estimate of drug-likeness (QED) is 0.603. The molecule has 4 nitrogen and oxygen atoms in total. The van der Waals surface area contributed by atoms with E-state index in [2.05, 4.69) is 0 Å². The van der Waals surface area contributed by atoms with Gasteiger partial charge in [-0.1, -0.05) is 18.2 Å². The number of esters is 1. The molecule has 0 saturated carbocycles. The van der Waals surface area contributed by atoms with Gasteiger partial charge in [0.2, 0.25) is 0 Å². The highest BCUT2D eigenvalue weighted by atomic mass is 19.1. The van der Waals surface area contributed by atoms with Crippen LogP contribution in [0.15, 0.2) is 30.3 Å². The van der Waals surface area contributed by atoms with E-state index in [4.69, 9.17) is 14.6 Å². The molecule has 0 amide bonds. The van der Waals surface area contributed by atoms with Crippen LogP contribution in [-0.2, 0) is 9.47 Å². The maximum Gasteiger partial charge on any atom is 0.338 e. The van der Waals surface area contributed by atoms with E-state index < -0.39 is 30.4 Å². The summed E-state index contributed by atoms with van der Waals surface area (Å²) in [7, 11) is 1.55. The van der Waals surface area contributed by atoms with Crippen LogP contribution in [0.1, 0.15) is 10.4 Å². The summed E-state index contributed by atoms with van der Waals surface area (Å²) < 4.78 is 24.0. The van der Waals surface area contributed by atoms with Crippen LogP contribution in [0.5, 0.6) is 0 Å². The summed E-state index contributed by atoms with van der Waals surface area (Å²) in [6.07, 6.45) is -3.28. The van der Waals surface area contributed by atoms with Crippen molar-refractivity contribution in [3.63, 3.8) is 0 Å². The largest absolute Gasteiger partial charge is 0.453 e. The molecule has 0 bridgehead atoms. The summed E-state index contributed by atoms with van der Waals surface area (Å²) in [5.74, 6) is -0.612. The molecule has 1 N–H and O–H groups in total. The highest BCUT2D eigenvalue weighted by molar-refractivity contribution is 6.11. The van der Waals surface area contributed by atoms with Gasteiger partial charge >= 0.3 is 5.97 Å². The average molecular weight is 252 g/mol. The van der Waals surface area contributed by atoms with E-state index in [1.807, 2.05) is 0 Å². The van der Waals surface area contributed by atoms with Crippen molar-refractivity contribution >= 4 is 13.8 Å². The fourth-order valence-corrected chi connectivity index (χ4v) is 1.95. The Bertz CT molecular complexity index is 414. The minimum absolute atomic E-state index is 0.348. The number of benzene rings is 1. The first kappa shape index (κ1) is 13.0. The van der Waals surface area contributed by atoms with Crippen molar-refractivity contribution in [2.45, 2.75) is 24.4 Å². The van der Waals surface area contributed by atoms with Gasteiger partial charge in [0.1, 0.15) is 14.0 Å². The maximum atomic E-state index is 13.8. The smallest absolute Gasteiger partial charge is 0.338 e. The average Bonchev–Trinajstić information content (AvgIpc) is 2.67. The molecular weight excluding hydrogens is 238 g/mol. The van der Waals surface area contributed by atoms with Crippen LogP contribution in [0.25, 0.3) is 0 Å². The molecule has 1 saturated heterocycles. The minimum atomic E-state index is -1.42. The van der Waals surface area contributed by atoms with E-state index in [9.17, 15) is 9.18 Å². The Morgan fingerprint density at radius 3 is 2.72 bits per heavy atom. The third-order valence-electron chi connectivity index (χ3n) is 2.95. The minimum Gasteiger partial charge on any atom is -0.453 e. The van der Waals surface area contributed by atoms with Crippen LogP contribution in [0.2, 0.25) is 0 Å². The summed E-state index contributed by atoms with van der Waals surface area (Å²) in [6, 6.07) is 7.65. The molecule has 96 valence electrons. The molecule has 0 radical (unpaired) electrons. The van der Waals surface area contributed by atoms with E-state index in [0.29, 0.717) is 5.56 Å². The zero-order valence-corrected chi connectivity index (χ0v) is 9.95. The molecule has 4 atom stereocenters. The first-order valence-corrected chi connectivity index (χ1v) is 5.80. The van der Waals surface area contributed by atoms with Gasteiger partial charge in [0.15, 0.2) is 12.3 Å². The van der Waals surface area contributed by atoms with Crippen LogP contribution >= 0.6 is 0 Å². The predicted molar refractivity (Wildman–Crippen MR) is 64.8 cm³/mol. The number of aliphatic hydroxyl groups is 1. The lowest BCUT2D eigenvalue weighted by atomic mass is 9.94. The van der Waals surface area contributed by atoms with Crippen LogP contribution < -0.4 is 0 Å². The van der Waals surface area contributed by atoms with Gasteiger partial charge < -0.3 is 14.6 Å². The standard InChI is InChI=1S/C12H14BFO4/c13-11-9(14)10(8(6-15)17-11)18-12(16)7-4-2-1-3-5-7/h1-5,8-11,15H,6,13H2. The van der Waals surface area contributed by atoms with Crippen LogP contribution in [0.4, 0.5) is 4.39 Å². The highest BCUT2D eigenvalue weighted by Gasteiger charge is 2.45. The molecule has 18 heavy (non-hydrogen) atoms. The van der Waals surface area contributed by atoms with E-state index in [1.54, 1.807) is 38.2 Å². The molecule has 1 heterocycles. The second kappa shape index (κ2) is 5.50. The molecule has 1 fully saturated rings. The number of carbonyl (C=O) groups excluding carboxylic acids is 1. The topological polar surface area (TPSA) is 55.8 Å². The van der Waals surface area contributed by atoms with Crippen LogP contribution in [-0.4, -0.2) is 49.9 Å². The van der Waals surface area contributed by atoms with E-state index in [1.165, 1.54) is 0 Å².